The highest BCUT2D eigenvalue weighted by Crippen LogP contribution is 2.45. The smallest absolute Gasteiger partial charge is 0.343 e. The SMILES string of the molecule is COC(=O)c1cn(C2CC2)c2c(OC)c(N3CCC(N)C(C)(C)C3)c(F)cc2c1=O. The van der Waals surface area contributed by atoms with E-state index in [2.05, 4.69) is 13.8 Å². The first kappa shape index (κ1) is 20.7. The number of carbonyl (C=O) groups excluding carboxylic acids is 1. The number of fused-ring (bicyclic) bond motifs is 1. The van der Waals surface area contributed by atoms with Gasteiger partial charge < -0.3 is 24.7 Å². The van der Waals surface area contributed by atoms with Crippen LogP contribution in [-0.4, -0.2) is 43.9 Å². The van der Waals surface area contributed by atoms with E-state index in [1.807, 2.05) is 9.47 Å². The van der Waals surface area contributed by atoms with Gasteiger partial charge in [-0.05, 0) is 30.7 Å². The molecule has 2 heterocycles. The van der Waals surface area contributed by atoms with Crippen molar-refractivity contribution in [2.45, 2.75) is 45.2 Å². The number of aromatic nitrogens is 1. The summed E-state index contributed by atoms with van der Waals surface area (Å²) in [5.74, 6) is -0.963. The predicted octanol–water partition coefficient (Wildman–Crippen LogP) is 2.83. The van der Waals surface area contributed by atoms with Gasteiger partial charge in [-0.25, -0.2) is 9.18 Å². The minimum absolute atomic E-state index is 0.0236. The number of piperidine rings is 1. The largest absolute Gasteiger partial charge is 0.492 e. The summed E-state index contributed by atoms with van der Waals surface area (Å²) in [4.78, 5) is 27.1. The first-order chi connectivity index (χ1) is 14.2. The molecule has 8 heteroatoms. The van der Waals surface area contributed by atoms with Gasteiger partial charge in [-0.3, -0.25) is 4.79 Å². The molecule has 1 aliphatic carbocycles. The number of rotatable bonds is 4. The van der Waals surface area contributed by atoms with E-state index in [0.717, 1.165) is 19.3 Å². The van der Waals surface area contributed by atoms with Crippen LogP contribution >= 0.6 is 0 Å². The van der Waals surface area contributed by atoms with Crippen molar-refractivity contribution in [1.29, 1.82) is 0 Å². The van der Waals surface area contributed by atoms with E-state index in [4.69, 9.17) is 15.2 Å². The Morgan fingerprint density at radius 3 is 2.53 bits per heavy atom. The fraction of sp³-hybridized carbons (Fsp3) is 0.545. The molecule has 2 aliphatic rings. The Bertz CT molecular complexity index is 1070. The molecule has 2 aromatic rings. The van der Waals surface area contributed by atoms with Gasteiger partial charge in [0.05, 0.1) is 25.1 Å². The molecule has 2 fully saturated rings. The summed E-state index contributed by atoms with van der Waals surface area (Å²) in [5, 5.41) is 0.121. The second-order valence-electron chi connectivity index (χ2n) is 8.94. The van der Waals surface area contributed by atoms with Gasteiger partial charge in [0.1, 0.15) is 11.3 Å². The first-order valence-electron chi connectivity index (χ1n) is 10.2. The first-order valence-corrected chi connectivity index (χ1v) is 10.2. The molecule has 30 heavy (non-hydrogen) atoms. The van der Waals surface area contributed by atoms with Crippen LogP contribution in [0.1, 0.15) is 49.5 Å². The van der Waals surface area contributed by atoms with Gasteiger partial charge in [-0.2, -0.15) is 0 Å². The second kappa shape index (κ2) is 7.27. The van der Waals surface area contributed by atoms with Crippen LogP contribution in [0.15, 0.2) is 17.1 Å². The zero-order valence-electron chi connectivity index (χ0n) is 17.8. The van der Waals surface area contributed by atoms with E-state index in [9.17, 15) is 9.59 Å². The second-order valence-corrected chi connectivity index (χ2v) is 8.94. The molecule has 0 amide bonds. The number of halogens is 1. The predicted molar refractivity (Wildman–Crippen MR) is 113 cm³/mol. The molecular weight excluding hydrogens is 389 g/mol. The fourth-order valence-electron chi connectivity index (χ4n) is 4.39. The fourth-order valence-corrected chi connectivity index (χ4v) is 4.39. The summed E-state index contributed by atoms with van der Waals surface area (Å²) in [5.41, 5.74) is 6.26. The number of nitrogens with zero attached hydrogens (tertiary/aromatic N) is 2. The summed E-state index contributed by atoms with van der Waals surface area (Å²) in [6, 6.07) is 1.38. The number of carbonyl (C=O) groups is 1. The molecule has 1 aromatic heterocycles. The van der Waals surface area contributed by atoms with Crippen molar-refractivity contribution in [3.63, 3.8) is 0 Å². The van der Waals surface area contributed by atoms with Crippen LogP contribution in [-0.2, 0) is 4.74 Å². The van der Waals surface area contributed by atoms with E-state index in [-0.39, 0.29) is 28.4 Å². The Labute approximate surface area is 174 Å². The summed E-state index contributed by atoms with van der Waals surface area (Å²) in [6.45, 7) is 5.30. The van der Waals surface area contributed by atoms with Gasteiger partial charge in [-0.15, -0.1) is 0 Å². The van der Waals surface area contributed by atoms with Gasteiger partial charge in [0.2, 0.25) is 5.43 Å². The van der Waals surface area contributed by atoms with Gasteiger partial charge in [0.15, 0.2) is 11.6 Å². The number of hydrogen-bond donors (Lipinski definition) is 1. The third-order valence-corrected chi connectivity index (χ3v) is 6.38. The van der Waals surface area contributed by atoms with Crippen LogP contribution in [0.4, 0.5) is 10.1 Å². The lowest BCUT2D eigenvalue weighted by atomic mass is 9.79. The number of anilines is 1. The molecule has 1 unspecified atom stereocenters. The van der Waals surface area contributed by atoms with Crippen molar-refractivity contribution in [3.8, 4) is 5.75 Å². The van der Waals surface area contributed by atoms with Crippen LogP contribution in [0.2, 0.25) is 0 Å². The minimum Gasteiger partial charge on any atom is -0.492 e. The highest BCUT2D eigenvalue weighted by molar-refractivity contribution is 5.97. The maximum atomic E-state index is 15.4. The standard InChI is InChI=1S/C22H28FN3O4/c1-22(2)11-25(8-7-16(22)24)18-15(23)9-13-17(20(18)29-3)26(12-5-6-12)10-14(19(13)27)21(28)30-4/h9-10,12,16H,5-8,11,24H2,1-4H3. The summed E-state index contributed by atoms with van der Waals surface area (Å²) in [7, 11) is 2.70. The van der Waals surface area contributed by atoms with E-state index in [1.54, 1.807) is 0 Å². The highest BCUT2D eigenvalue weighted by atomic mass is 19.1. The quantitative estimate of drug-likeness (QED) is 0.770. The van der Waals surface area contributed by atoms with E-state index < -0.39 is 17.2 Å². The van der Waals surface area contributed by atoms with Crippen molar-refractivity contribution >= 4 is 22.6 Å². The summed E-state index contributed by atoms with van der Waals surface area (Å²) in [6.07, 6.45) is 4.08. The average Bonchev–Trinajstić information content (AvgIpc) is 3.54. The summed E-state index contributed by atoms with van der Waals surface area (Å²) < 4.78 is 27.8. The molecule has 1 atom stereocenters. The molecule has 7 nitrogen and oxygen atoms in total. The Kier molecular flexibility index (Phi) is 5.00. The zero-order valence-corrected chi connectivity index (χ0v) is 17.8. The third kappa shape index (κ3) is 3.23. The lowest BCUT2D eigenvalue weighted by Gasteiger charge is -2.44. The number of nitrogens with two attached hydrogens (primary N) is 1. The Morgan fingerprint density at radius 1 is 1.27 bits per heavy atom. The van der Waals surface area contributed by atoms with Crippen LogP contribution in [0.5, 0.6) is 5.75 Å². The van der Waals surface area contributed by atoms with Crippen molar-refractivity contribution in [1.82, 2.24) is 4.57 Å². The number of hydrogen-bond acceptors (Lipinski definition) is 6. The normalized spacial score (nSPS) is 21.0. The van der Waals surface area contributed by atoms with Crippen molar-refractivity contribution in [3.05, 3.63) is 33.9 Å². The number of ether oxygens (including phenoxy) is 2. The lowest BCUT2D eigenvalue weighted by Crippen LogP contribution is -2.52. The highest BCUT2D eigenvalue weighted by Gasteiger charge is 2.37. The molecule has 1 aliphatic heterocycles. The Morgan fingerprint density at radius 2 is 1.97 bits per heavy atom. The van der Waals surface area contributed by atoms with E-state index in [1.165, 1.54) is 26.5 Å². The van der Waals surface area contributed by atoms with Crippen LogP contribution in [0, 0.1) is 11.2 Å². The zero-order chi connectivity index (χ0) is 21.8. The molecule has 0 spiro atoms. The molecule has 2 N–H and O–H groups in total. The van der Waals surface area contributed by atoms with Gasteiger partial charge >= 0.3 is 5.97 Å². The van der Waals surface area contributed by atoms with Crippen molar-refractivity contribution < 1.29 is 18.7 Å². The summed E-state index contributed by atoms with van der Waals surface area (Å²) >= 11 is 0. The topological polar surface area (TPSA) is 86.8 Å². The molecule has 0 bridgehead atoms. The maximum absolute atomic E-state index is 15.4. The maximum Gasteiger partial charge on any atom is 0.343 e. The number of pyridine rings is 1. The molecule has 4 rings (SSSR count). The number of benzene rings is 1. The Balaban J connectivity index is 1.98. The molecular formula is C22H28FN3O4. The Hall–Kier alpha value is -2.61. The molecule has 162 valence electrons. The van der Waals surface area contributed by atoms with Gasteiger partial charge in [-0.1, -0.05) is 13.8 Å². The van der Waals surface area contributed by atoms with Crippen LogP contribution < -0.4 is 20.8 Å². The third-order valence-electron chi connectivity index (χ3n) is 6.38. The lowest BCUT2D eigenvalue weighted by molar-refractivity contribution is 0.0598. The molecule has 0 radical (unpaired) electrons. The van der Waals surface area contributed by atoms with Crippen molar-refractivity contribution in [2.24, 2.45) is 11.1 Å². The number of methoxy groups -OCH3 is 2. The van der Waals surface area contributed by atoms with Gasteiger partial charge in [0, 0.05) is 31.4 Å². The molecule has 1 saturated carbocycles. The number of esters is 1. The van der Waals surface area contributed by atoms with Crippen LogP contribution in [0.3, 0.4) is 0 Å². The molecule has 1 aromatic carbocycles. The van der Waals surface area contributed by atoms with Gasteiger partial charge in [0.25, 0.3) is 0 Å². The monoisotopic (exact) mass is 417 g/mol. The van der Waals surface area contributed by atoms with E-state index >= 15 is 4.39 Å². The average molecular weight is 417 g/mol. The van der Waals surface area contributed by atoms with Crippen LogP contribution in [0.25, 0.3) is 10.9 Å². The minimum atomic E-state index is -0.730. The molecule has 1 saturated heterocycles. The van der Waals surface area contributed by atoms with Crippen molar-refractivity contribution in [2.75, 3.05) is 32.2 Å². The van der Waals surface area contributed by atoms with E-state index in [0.29, 0.717) is 30.0 Å².